The van der Waals surface area contributed by atoms with Gasteiger partial charge in [-0.25, -0.2) is 4.79 Å². The number of nitro groups is 1. The van der Waals surface area contributed by atoms with Crippen molar-refractivity contribution in [2.45, 2.75) is 13.5 Å². The van der Waals surface area contributed by atoms with E-state index < -0.39 is 16.8 Å². The van der Waals surface area contributed by atoms with Gasteiger partial charge in [0.15, 0.2) is 11.4 Å². The van der Waals surface area contributed by atoms with Crippen LogP contribution < -0.4 is 10.1 Å². The van der Waals surface area contributed by atoms with Crippen molar-refractivity contribution >= 4 is 23.6 Å². The SMILES string of the molecule is CCOC(=O)c1coc(NC(=O)c2ccc(OCc3ccccc3)c([N+](=O)[O-])c2)n1. The third-order valence-electron chi connectivity index (χ3n) is 3.86. The minimum Gasteiger partial charge on any atom is -0.482 e. The zero-order valence-electron chi connectivity index (χ0n) is 15.9. The monoisotopic (exact) mass is 411 g/mol. The fraction of sp³-hybridized carbons (Fsp3) is 0.150. The quantitative estimate of drug-likeness (QED) is 0.338. The Morgan fingerprint density at radius 1 is 1.20 bits per heavy atom. The Morgan fingerprint density at radius 2 is 1.97 bits per heavy atom. The number of hydrogen-bond acceptors (Lipinski definition) is 8. The lowest BCUT2D eigenvalue weighted by atomic mass is 10.1. The third-order valence-corrected chi connectivity index (χ3v) is 3.86. The molecule has 3 aromatic rings. The maximum absolute atomic E-state index is 12.4. The van der Waals surface area contributed by atoms with Gasteiger partial charge in [-0.2, -0.15) is 4.98 Å². The van der Waals surface area contributed by atoms with Gasteiger partial charge in [-0.3, -0.25) is 20.2 Å². The van der Waals surface area contributed by atoms with Gasteiger partial charge in [0.1, 0.15) is 12.9 Å². The fourth-order valence-electron chi connectivity index (χ4n) is 2.46. The van der Waals surface area contributed by atoms with E-state index >= 15 is 0 Å². The molecule has 0 aliphatic carbocycles. The number of ether oxygens (including phenoxy) is 2. The number of rotatable bonds is 8. The van der Waals surface area contributed by atoms with Crippen LogP contribution in [0.4, 0.5) is 11.7 Å². The Bertz CT molecular complexity index is 1060. The number of anilines is 1. The van der Waals surface area contributed by atoms with E-state index in [9.17, 15) is 19.7 Å². The number of aromatic nitrogens is 1. The van der Waals surface area contributed by atoms with Crippen molar-refractivity contribution in [3.63, 3.8) is 0 Å². The molecule has 0 radical (unpaired) electrons. The van der Waals surface area contributed by atoms with Gasteiger partial charge in [-0.15, -0.1) is 0 Å². The number of carbonyl (C=O) groups is 2. The smallest absolute Gasteiger partial charge is 0.360 e. The largest absolute Gasteiger partial charge is 0.482 e. The van der Waals surface area contributed by atoms with Crippen LogP contribution in [0.25, 0.3) is 0 Å². The average Bonchev–Trinajstić information content (AvgIpc) is 3.21. The first kappa shape index (κ1) is 20.5. The molecule has 0 spiro atoms. The van der Waals surface area contributed by atoms with E-state index in [0.29, 0.717) is 0 Å². The summed E-state index contributed by atoms with van der Waals surface area (Å²) < 4.78 is 15.3. The number of esters is 1. The maximum Gasteiger partial charge on any atom is 0.360 e. The molecule has 10 heteroatoms. The van der Waals surface area contributed by atoms with E-state index in [2.05, 4.69) is 10.3 Å². The molecular weight excluding hydrogens is 394 g/mol. The van der Waals surface area contributed by atoms with Gasteiger partial charge < -0.3 is 13.9 Å². The van der Waals surface area contributed by atoms with Gasteiger partial charge in [0.05, 0.1) is 11.5 Å². The van der Waals surface area contributed by atoms with Crippen LogP contribution in [0.2, 0.25) is 0 Å². The highest BCUT2D eigenvalue weighted by molar-refractivity contribution is 6.04. The van der Waals surface area contributed by atoms with E-state index in [1.54, 1.807) is 6.92 Å². The maximum atomic E-state index is 12.4. The van der Waals surface area contributed by atoms with Crippen molar-refractivity contribution < 1.29 is 28.4 Å². The van der Waals surface area contributed by atoms with Crippen molar-refractivity contribution in [1.82, 2.24) is 4.98 Å². The number of oxazole rings is 1. The van der Waals surface area contributed by atoms with Crippen LogP contribution >= 0.6 is 0 Å². The minimum absolute atomic E-state index is 0.00959. The van der Waals surface area contributed by atoms with E-state index in [0.717, 1.165) is 17.9 Å². The normalized spacial score (nSPS) is 10.3. The molecule has 1 amide bonds. The molecule has 0 bridgehead atoms. The number of nitrogens with zero attached hydrogens (tertiary/aromatic N) is 2. The standard InChI is InChI=1S/C20H17N3O7/c1-2-28-19(25)15-12-30-20(21-15)22-18(24)14-8-9-17(16(10-14)23(26)27)29-11-13-6-4-3-5-7-13/h3-10,12H,2,11H2,1H3,(H,21,22,24). The highest BCUT2D eigenvalue weighted by Crippen LogP contribution is 2.29. The molecule has 1 aromatic heterocycles. The zero-order valence-corrected chi connectivity index (χ0v) is 15.9. The molecule has 2 aromatic carbocycles. The lowest BCUT2D eigenvalue weighted by Gasteiger charge is -2.08. The molecule has 3 rings (SSSR count). The molecule has 0 fully saturated rings. The summed E-state index contributed by atoms with van der Waals surface area (Å²) in [5.41, 5.74) is 0.362. The fourth-order valence-corrected chi connectivity index (χ4v) is 2.46. The molecule has 30 heavy (non-hydrogen) atoms. The predicted molar refractivity (Wildman–Crippen MR) is 104 cm³/mol. The van der Waals surface area contributed by atoms with E-state index in [-0.39, 0.29) is 41.9 Å². The van der Waals surface area contributed by atoms with E-state index in [1.807, 2.05) is 30.3 Å². The molecule has 0 aliphatic rings. The average molecular weight is 411 g/mol. The first-order chi connectivity index (χ1) is 14.5. The number of benzene rings is 2. The Labute approximate surface area is 170 Å². The van der Waals surface area contributed by atoms with Gasteiger partial charge in [0, 0.05) is 11.6 Å². The molecule has 1 heterocycles. The molecule has 0 atom stereocenters. The molecule has 0 saturated heterocycles. The summed E-state index contributed by atoms with van der Waals surface area (Å²) >= 11 is 0. The summed E-state index contributed by atoms with van der Waals surface area (Å²) in [7, 11) is 0. The van der Waals surface area contributed by atoms with E-state index in [4.69, 9.17) is 13.9 Å². The second kappa shape index (κ2) is 9.32. The first-order valence-corrected chi connectivity index (χ1v) is 8.87. The molecular formula is C20H17N3O7. The topological polar surface area (TPSA) is 134 Å². The lowest BCUT2D eigenvalue weighted by molar-refractivity contribution is -0.386. The summed E-state index contributed by atoms with van der Waals surface area (Å²) in [4.78, 5) is 38.6. The molecule has 0 unspecified atom stereocenters. The van der Waals surface area contributed by atoms with E-state index in [1.165, 1.54) is 12.1 Å². The summed E-state index contributed by atoms with van der Waals surface area (Å²) in [5, 5.41) is 13.7. The summed E-state index contributed by atoms with van der Waals surface area (Å²) in [6.45, 7) is 1.94. The number of nitrogens with one attached hydrogen (secondary N) is 1. The Balaban J connectivity index is 1.72. The van der Waals surface area contributed by atoms with Gasteiger partial charge >= 0.3 is 17.7 Å². The highest BCUT2D eigenvalue weighted by atomic mass is 16.6. The lowest BCUT2D eigenvalue weighted by Crippen LogP contribution is -2.13. The Hall–Kier alpha value is -4.21. The molecule has 0 aliphatic heterocycles. The van der Waals surface area contributed by atoms with Crippen LogP contribution in [-0.2, 0) is 11.3 Å². The first-order valence-electron chi connectivity index (χ1n) is 8.87. The minimum atomic E-state index is -0.704. The summed E-state index contributed by atoms with van der Waals surface area (Å²) in [5.74, 6) is -1.37. The van der Waals surface area contributed by atoms with Crippen LogP contribution in [0.1, 0.15) is 33.3 Å². The van der Waals surface area contributed by atoms with Crippen LogP contribution in [0.5, 0.6) is 5.75 Å². The van der Waals surface area contributed by atoms with Crippen LogP contribution in [-0.4, -0.2) is 28.4 Å². The van der Waals surface area contributed by atoms with Crippen molar-refractivity contribution in [2.24, 2.45) is 0 Å². The predicted octanol–water partition coefficient (Wildman–Crippen LogP) is 3.59. The molecule has 154 valence electrons. The number of amides is 1. The Morgan fingerprint density at radius 3 is 2.67 bits per heavy atom. The molecule has 10 nitrogen and oxygen atoms in total. The molecule has 1 N–H and O–H groups in total. The van der Waals surface area contributed by atoms with Crippen molar-refractivity contribution in [1.29, 1.82) is 0 Å². The number of nitro benzene ring substituents is 1. The van der Waals surface area contributed by atoms with Crippen molar-refractivity contribution in [3.05, 3.63) is 81.7 Å². The van der Waals surface area contributed by atoms with Crippen LogP contribution in [0.3, 0.4) is 0 Å². The van der Waals surface area contributed by atoms with Gasteiger partial charge in [0.2, 0.25) is 0 Å². The van der Waals surface area contributed by atoms with Crippen molar-refractivity contribution in [3.8, 4) is 5.75 Å². The second-order valence-corrected chi connectivity index (χ2v) is 5.93. The third kappa shape index (κ3) is 4.98. The van der Waals surface area contributed by atoms with Crippen LogP contribution in [0, 0.1) is 10.1 Å². The van der Waals surface area contributed by atoms with Gasteiger partial charge in [-0.05, 0) is 24.6 Å². The zero-order chi connectivity index (χ0) is 21.5. The summed E-state index contributed by atoms with van der Waals surface area (Å²) in [6.07, 6.45) is 1.04. The molecule has 0 saturated carbocycles. The highest BCUT2D eigenvalue weighted by Gasteiger charge is 2.21. The number of carbonyl (C=O) groups excluding carboxylic acids is 2. The number of hydrogen-bond donors (Lipinski definition) is 1. The van der Waals surface area contributed by atoms with Crippen molar-refractivity contribution in [2.75, 3.05) is 11.9 Å². The summed E-state index contributed by atoms with van der Waals surface area (Å²) in [6, 6.07) is 12.7. The van der Waals surface area contributed by atoms with Crippen LogP contribution in [0.15, 0.2) is 59.2 Å². The second-order valence-electron chi connectivity index (χ2n) is 5.93. The van der Waals surface area contributed by atoms with Gasteiger partial charge in [-0.1, -0.05) is 30.3 Å². The van der Waals surface area contributed by atoms with Gasteiger partial charge in [0.25, 0.3) is 5.91 Å². The Kier molecular flexibility index (Phi) is 6.38.